The zero-order chi connectivity index (χ0) is 13.1. The topological polar surface area (TPSA) is 37.3 Å². The van der Waals surface area contributed by atoms with Gasteiger partial charge >= 0.3 is 5.97 Å². The zero-order valence-electron chi connectivity index (χ0n) is 10.5. The van der Waals surface area contributed by atoms with Crippen molar-refractivity contribution < 1.29 is 14.3 Å². The van der Waals surface area contributed by atoms with E-state index in [0.29, 0.717) is 6.42 Å². The van der Waals surface area contributed by atoms with Crippen molar-refractivity contribution in [1.29, 1.82) is 0 Å². The molecule has 0 aromatic heterocycles. The van der Waals surface area contributed by atoms with Crippen molar-refractivity contribution >= 4 is 5.97 Å². The molecule has 0 bridgehead atoms. The van der Waals surface area contributed by atoms with Gasteiger partial charge in [0.15, 0.2) is 0 Å². The summed E-state index contributed by atoms with van der Waals surface area (Å²) in [6.45, 7) is 5.30. The number of alkyl halides is 1. The SMILES string of the molecule is CC(F)Cc1cccc(C(C)(C)CC(=O)O)c1. The Morgan fingerprint density at radius 1 is 1.47 bits per heavy atom. The van der Waals surface area contributed by atoms with Crippen LogP contribution in [0.5, 0.6) is 0 Å². The number of carbonyl (C=O) groups is 1. The fraction of sp³-hybridized carbons (Fsp3) is 0.500. The predicted molar refractivity (Wildman–Crippen MR) is 66.0 cm³/mol. The van der Waals surface area contributed by atoms with Gasteiger partial charge in [-0.15, -0.1) is 0 Å². The van der Waals surface area contributed by atoms with Crippen LogP contribution in [-0.4, -0.2) is 17.2 Å². The van der Waals surface area contributed by atoms with Gasteiger partial charge in [-0.2, -0.15) is 0 Å². The highest BCUT2D eigenvalue weighted by Crippen LogP contribution is 2.27. The van der Waals surface area contributed by atoms with E-state index in [-0.39, 0.29) is 6.42 Å². The lowest BCUT2D eigenvalue weighted by Gasteiger charge is -2.23. The second kappa shape index (κ2) is 5.30. The number of rotatable bonds is 5. The van der Waals surface area contributed by atoms with Gasteiger partial charge in [-0.25, -0.2) is 4.39 Å². The van der Waals surface area contributed by atoms with Gasteiger partial charge < -0.3 is 5.11 Å². The van der Waals surface area contributed by atoms with Gasteiger partial charge in [0, 0.05) is 11.8 Å². The van der Waals surface area contributed by atoms with Gasteiger partial charge in [0.25, 0.3) is 0 Å². The molecule has 1 unspecified atom stereocenters. The lowest BCUT2D eigenvalue weighted by atomic mass is 9.81. The van der Waals surface area contributed by atoms with Crippen molar-refractivity contribution in [3.8, 4) is 0 Å². The highest BCUT2D eigenvalue weighted by Gasteiger charge is 2.24. The molecule has 0 spiro atoms. The second-order valence-corrected chi connectivity index (χ2v) is 5.14. The van der Waals surface area contributed by atoms with E-state index in [2.05, 4.69) is 0 Å². The van der Waals surface area contributed by atoms with Crippen molar-refractivity contribution in [2.24, 2.45) is 0 Å². The summed E-state index contributed by atoms with van der Waals surface area (Å²) in [7, 11) is 0. The number of halogens is 1. The number of benzene rings is 1. The first-order valence-electron chi connectivity index (χ1n) is 5.76. The summed E-state index contributed by atoms with van der Waals surface area (Å²) in [4.78, 5) is 10.8. The minimum absolute atomic E-state index is 0.0711. The molecular formula is C14H19FO2. The van der Waals surface area contributed by atoms with Crippen molar-refractivity contribution in [3.63, 3.8) is 0 Å². The van der Waals surface area contributed by atoms with Crippen LogP contribution >= 0.6 is 0 Å². The molecule has 0 radical (unpaired) electrons. The van der Waals surface area contributed by atoms with Crippen LogP contribution in [-0.2, 0) is 16.6 Å². The summed E-state index contributed by atoms with van der Waals surface area (Å²) in [5.41, 5.74) is 1.43. The molecule has 0 aliphatic carbocycles. The molecule has 0 amide bonds. The fourth-order valence-electron chi connectivity index (χ4n) is 1.92. The smallest absolute Gasteiger partial charge is 0.304 e. The van der Waals surface area contributed by atoms with Gasteiger partial charge in [0.2, 0.25) is 0 Å². The standard InChI is InChI=1S/C14H19FO2/c1-10(15)7-11-5-4-6-12(8-11)14(2,3)9-13(16)17/h4-6,8,10H,7,9H2,1-3H3,(H,16,17). The van der Waals surface area contributed by atoms with Crippen LogP contribution in [0.2, 0.25) is 0 Å². The maximum atomic E-state index is 12.9. The molecule has 0 saturated carbocycles. The first-order valence-corrected chi connectivity index (χ1v) is 5.76. The van der Waals surface area contributed by atoms with Crippen molar-refractivity contribution in [2.75, 3.05) is 0 Å². The first-order chi connectivity index (χ1) is 7.81. The Balaban J connectivity index is 2.94. The zero-order valence-corrected chi connectivity index (χ0v) is 10.5. The van der Waals surface area contributed by atoms with E-state index in [1.165, 1.54) is 6.92 Å². The summed E-state index contributed by atoms with van der Waals surface area (Å²) in [6, 6.07) is 7.53. The molecule has 94 valence electrons. The van der Waals surface area contributed by atoms with Crippen LogP contribution in [0.4, 0.5) is 4.39 Å². The molecule has 0 fully saturated rings. The normalized spacial score (nSPS) is 13.4. The van der Waals surface area contributed by atoms with Crippen LogP contribution in [0, 0.1) is 0 Å². The van der Waals surface area contributed by atoms with E-state index in [4.69, 9.17) is 5.11 Å². The highest BCUT2D eigenvalue weighted by molar-refractivity contribution is 5.68. The first kappa shape index (κ1) is 13.7. The number of aliphatic carboxylic acids is 1. The quantitative estimate of drug-likeness (QED) is 0.854. The molecule has 1 aromatic rings. The van der Waals surface area contributed by atoms with Crippen LogP contribution in [0.15, 0.2) is 24.3 Å². The molecule has 1 atom stereocenters. The maximum absolute atomic E-state index is 12.9. The van der Waals surface area contributed by atoms with Crippen LogP contribution in [0.1, 0.15) is 38.3 Å². The molecule has 17 heavy (non-hydrogen) atoms. The molecule has 0 heterocycles. The Morgan fingerprint density at radius 2 is 2.12 bits per heavy atom. The summed E-state index contributed by atoms with van der Waals surface area (Å²) in [5.74, 6) is -0.820. The molecule has 1 N–H and O–H groups in total. The van der Waals surface area contributed by atoms with E-state index in [1.54, 1.807) is 0 Å². The third-order valence-electron chi connectivity index (χ3n) is 2.82. The fourth-order valence-corrected chi connectivity index (χ4v) is 1.92. The number of hydrogen-bond acceptors (Lipinski definition) is 1. The van der Waals surface area contributed by atoms with E-state index < -0.39 is 17.6 Å². The lowest BCUT2D eigenvalue weighted by Crippen LogP contribution is -2.21. The second-order valence-electron chi connectivity index (χ2n) is 5.14. The van der Waals surface area contributed by atoms with Gasteiger partial charge in [-0.05, 0) is 18.1 Å². The summed E-state index contributed by atoms with van der Waals surface area (Å²) >= 11 is 0. The summed E-state index contributed by atoms with van der Waals surface area (Å²) in [5, 5.41) is 8.87. The van der Waals surface area contributed by atoms with Crippen LogP contribution < -0.4 is 0 Å². The third-order valence-corrected chi connectivity index (χ3v) is 2.82. The predicted octanol–water partition coefficient (Wildman–Crippen LogP) is 3.34. The highest BCUT2D eigenvalue weighted by atomic mass is 19.1. The van der Waals surface area contributed by atoms with Gasteiger partial charge in [0.1, 0.15) is 6.17 Å². The number of hydrogen-bond donors (Lipinski definition) is 1. The average Bonchev–Trinajstić information content (AvgIpc) is 2.15. The van der Waals surface area contributed by atoms with E-state index in [1.807, 2.05) is 38.1 Å². The maximum Gasteiger partial charge on any atom is 0.304 e. The van der Waals surface area contributed by atoms with E-state index >= 15 is 0 Å². The molecule has 2 nitrogen and oxygen atoms in total. The molecule has 0 aliphatic rings. The lowest BCUT2D eigenvalue weighted by molar-refractivity contribution is -0.138. The van der Waals surface area contributed by atoms with Crippen LogP contribution in [0.25, 0.3) is 0 Å². The molecular weight excluding hydrogens is 219 g/mol. The van der Waals surface area contributed by atoms with Gasteiger partial charge in [-0.1, -0.05) is 38.1 Å². The van der Waals surface area contributed by atoms with E-state index in [9.17, 15) is 9.18 Å². The molecule has 0 aliphatic heterocycles. The molecule has 0 saturated heterocycles. The van der Waals surface area contributed by atoms with Gasteiger partial charge in [0.05, 0.1) is 6.42 Å². The minimum Gasteiger partial charge on any atom is -0.481 e. The molecule has 3 heteroatoms. The Kier molecular flexibility index (Phi) is 4.27. The van der Waals surface area contributed by atoms with Crippen molar-refractivity contribution in [3.05, 3.63) is 35.4 Å². The number of carboxylic acids is 1. The Hall–Kier alpha value is -1.38. The van der Waals surface area contributed by atoms with E-state index in [0.717, 1.165) is 11.1 Å². The minimum atomic E-state index is -0.882. The average molecular weight is 238 g/mol. The Morgan fingerprint density at radius 3 is 2.65 bits per heavy atom. The third kappa shape index (κ3) is 4.17. The van der Waals surface area contributed by atoms with Crippen LogP contribution in [0.3, 0.4) is 0 Å². The van der Waals surface area contributed by atoms with Gasteiger partial charge in [-0.3, -0.25) is 4.79 Å². The summed E-state index contributed by atoms with van der Waals surface area (Å²) < 4.78 is 12.9. The Bertz CT molecular complexity index is 397. The monoisotopic (exact) mass is 238 g/mol. The largest absolute Gasteiger partial charge is 0.481 e. The van der Waals surface area contributed by atoms with Crippen molar-refractivity contribution in [2.45, 2.75) is 45.2 Å². The Labute approximate surface area is 101 Å². The molecule has 1 rings (SSSR count). The number of carboxylic acid groups (broad SMARTS) is 1. The molecule has 1 aromatic carbocycles. The van der Waals surface area contributed by atoms with Crippen molar-refractivity contribution in [1.82, 2.24) is 0 Å². The summed E-state index contributed by atoms with van der Waals surface area (Å²) in [6.07, 6.45) is -0.439.